The zero-order chi connectivity index (χ0) is 15.7. The van der Waals surface area contributed by atoms with Crippen molar-refractivity contribution in [2.45, 2.75) is 23.3 Å². The van der Waals surface area contributed by atoms with Gasteiger partial charge in [0.15, 0.2) is 0 Å². The van der Waals surface area contributed by atoms with Gasteiger partial charge in [0, 0.05) is 23.3 Å². The van der Waals surface area contributed by atoms with Gasteiger partial charge in [-0.2, -0.15) is 0 Å². The Labute approximate surface area is 141 Å². The van der Waals surface area contributed by atoms with Crippen LogP contribution in [0.5, 0.6) is 5.75 Å². The summed E-state index contributed by atoms with van der Waals surface area (Å²) in [5.74, 6) is 0.990. The standard InChI is InChI=1S/C19H20N2OS/c20-23-15-7-5-14(6-8-15)17-13-19(9-11-21-12-10-19)22-18-4-2-1-3-16(17)18/h1-8,13,21H,9-12,20H2. The van der Waals surface area contributed by atoms with E-state index in [0.29, 0.717) is 0 Å². The number of fused-ring (bicyclic) bond motifs is 1. The van der Waals surface area contributed by atoms with Gasteiger partial charge in [0.25, 0.3) is 0 Å². The van der Waals surface area contributed by atoms with Gasteiger partial charge >= 0.3 is 0 Å². The van der Waals surface area contributed by atoms with Crippen LogP contribution in [-0.4, -0.2) is 18.7 Å². The molecule has 0 amide bonds. The fourth-order valence-corrected chi connectivity index (χ4v) is 3.71. The first kappa shape index (κ1) is 14.8. The molecule has 2 aliphatic rings. The van der Waals surface area contributed by atoms with Crippen molar-refractivity contribution in [2.24, 2.45) is 5.14 Å². The van der Waals surface area contributed by atoms with Gasteiger partial charge in [0.05, 0.1) is 0 Å². The first-order valence-electron chi connectivity index (χ1n) is 7.99. The zero-order valence-electron chi connectivity index (χ0n) is 12.9. The average molecular weight is 324 g/mol. The molecule has 2 aromatic carbocycles. The molecule has 1 fully saturated rings. The summed E-state index contributed by atoms with van der Waals surface area (Å²) in [5, 5.41) is 9.07. The second kappa shape index (κ2) is 6.04. The molecule has 2 aliphatic heterocycles. The van der Waals surface area contributed by atoms with E-state index in [2.05, 4.69) is 53.9 Å². The van der Waals surface area contributed by atoms with Crippen LogP contribution in [0.15, 0.2) is 59.5 Å². The number of nitrogens with one attached hydrogen (secondary N) is 1. The van der Waals surface area contributed by atoms with E-state index in [9.17, 15) is 0 Å². The highest BCUT2D eigenvalue weighted by Gasteiger charge is 2.36. The summed E-state index contributed by atoms with van der Waals surface area (Å²) in [6, 6.07) is 16.8. The van der Waals surface area contributed by atoms with Crippen LogP contribution in [0.2, 0.25) is 0 Å². The lowest BCUT2D eigenvalue weighted by molar-refractivity contribution is 0.0817. The number of benzene rings is 2. The highest BCUT2D eigenvalue weighted by atomic mass is 32.2. The maximum absolute atomic E-state index is 6.42. The molecule has 3 N–H and O–H groups in total. The molecule has 0 radical (unpaired) electrons. The van der Waals surface area contributed by atoms with Gasteiger partial charge in [0.1, 0.15) is 11.4 Å². The normalized spacial score (nSPS) is 18.9. The van der Waals surface area contributed by atoms with E-state index in [4.69, 9.17) is 9.88 Å². The summed E-state index contributed by atoms with van der Waals surface area (Å²) in [4.78, 5) is 1.08. The maximum atomic E-state index is 6.42. The summed E-state index contributed by atoms with van der Waals surface area (Å²) in [7, 11) is 0. The van der Waals surface area contributed by atoms with Crippen molar-refractivity contribution in [3.63, 3.8) is 0 Å². The third-order valence-electron chi connectivity index (χ3n) is 4.65. The molecule has 2 heterocycles. The maximum Gasteiger partial charge on any atom is 0.130 e. The van der Waals surface area contributed by atoms with Crippen molar-refractivity contribution in [3.05, 3.63) is 65.7 Å². The van der Waals surface area contributed by atoms with Crippen molar-refractivity contribution in [3.8, 4) is 5.75 Å². The monoisotopic (exact) mass is 324 g/mol. The van der Waals surface area contributed by atoms with Crippen molar-refractivity contribution in [1.29, 1.82) is 0 Å². The van der Waals surface area contributed by atoms with E-state index in [1.165, 1.54) is 28.6 Å². The fraction of sp³-hybridized carbons (Fsp3) is 0.263. The molecule has 0 bridgehead atoms. The van der Waals surface area contributed by atoms with E-state index < -0.39 is 0 Å². The minimum atomic E-state index is -0.184. The number of para-hydroxylation sites is 1. The topological polar surface area (TPSA) is 47.3 Å². The van der Waals surface area contributed by atoms with Crippen LogP contribution < -0.4 is 15.2 Å². The third kappa shape index (κ3) is 2.78. The van der Waals surface area contributed by atoms with E-state index in [-0.39, 0.29) is 5.60 Å². The van der Waals surface area contributed by atoms with Crippen LogP contribution in [0.3, 0.4) is 0 Å². The van der Waals surface area contributed by atoms with Gasteiger partial charge in [-0.1, -0.05) is 30.3 Å². The van der Waals surface area contributed by atoms with Crippen molar-refractivity contribution < 1.29 is 4.74 Å². The van der Waals surface area contributed by atoms with Gasteiger partial charge in [0.2, 0.25) is 0 Å². The summed E-state index contributed by atoms with van der Waals surface area (Å²) in [6.45, 7) is 1.99. The van der Waals surface area contributed by atoms with Crippen LogP contribution in [0.4, 0.5) is 0 Å². The number of rotatable bonds is 2. The van der Waals surface area contributed by atoms with Crippen molar-refractivity contribution in [1.82, 2.24) is 5.32 Å². The number of hydrogen-bond donors (Lipinski definition) is 2. The molecule has 0 unspecified atom stereocenters. The van der Waals surface area contributed by atoms with Crippen LogP contribution in [0.25, 0.3) is 5.57 Å². The molecular weight excluding hydrogens is 304 g/mol. The Balaban J connectivity index is 1.82. The lowest BCUT2D eigenvalue weighted by Crippen LogP contribution is -2.46. The Hall–Kier alpha value is -1.75. The molecule has 1 spiro atoms. The van der Waals surface area contributed by atoms with Gasteiger partial charge < -0.3 is 10.1 Å². The van der Waals surface area contributed by atoms with Gasteiger partial charge in [-0.15, -0.1) is 0 Å². The largest absolute Gasteiger partial charge is 0.482 e. The van der Waals surface area contributed by atoms with E-state index >= 15 is 0 Å². The number of ether oxygens (including phenoxy) is 1. The molecule has 4 rings (SSSR count). The summed E-state index contributed by atoms with van der Waals surface area (Å²) in [6.07, 6.45) is 4.34. The molecule has 0 atom stereocenters. The molecule has 23 heavy (non-hydrogen) atoms. The molecule has 118 valence electrons. The summed E-state index contributed by atoms with van der Waals surface area (Å²) in [5.41, 5.74) is 3.47. The van der Waals surface area contributed by atoms with Crippen molar-refractivity contribution >= 4 is 17.5 Å². The highest BCUT2D eigenvalue weighted by molar-refractivity contribution is 7.97. The number of nitrogens with two attached hydrogens (primary N) is 1. The average Bonchev–Trinajstić information content (AvgIpc) is 2.62. The molecule has 0 saturated carbocycles. The van der Waals surface area contributed by atoms with Gasteiger partial charge in [-0.05, 0) is 60.4 Å². The van der Waals surface area contributed by atoms with Crippen LogP contribution in [0.1, 0.15) is 24.0 Å². The molecule has 0 aromatic heterocycles. The predicted octanol–water partition coefficient (Wildman–Crippen LogP) is 3.60. The Bertz CT molecular complexity index is 733. The first-order valence-corrected chi connectivity index (χ1v) is 8.87. The molecule has 4 heteroatoms. The van der Waals surface area contributed by atoms with E-state index in [1.807, 2.05) is 6.07 Å². The SMILES string of the molecule is NSc1ccc(C2=CC3(CCNCC3)Oc3ccccc32)cc1. The smallest absolute Gasteiger partial charge is 0.130 e. The van der Waals surface area contributed by atoms with Crippen LogP contribution >= 0.6 is 11.9 Å². The summed E-state index contributed by atoms with van der Waals surface area (Å²) < 4.78 is 6.42. The lowest BCUT2D eigenvalue weighted by atomic mass is 9.83. The Morgan fingerprint density at radius 3 is 2.48 bits per heavy atom. The summed E-state index contributed by atoms with van der Waals surface area (Å²) >= 11 is 1.28. The molecular formula is C19H20N2OS. The Kier molecular flexibility index (Phi) is 3.89. The second-order valence-corrected chi connectivity index (χ2v) is 6.82. The molecule has 0 aliphatic carbocycles. The second-order valence-electron chi connectivity index (χ2n) is 6.11. The number of hydrogen-bond acceptors (Lipinski definition) is 4. The Morgan fingerprint density at radius 1 is 1.00 bits per heavy atom. The third-order valence-corrected chi connectivity index (χ3v) is 5.19. The minimum absolute atomic E-state index is 0.184. The fourth-order valence-electron chi connectivity index (χ4n) is 3.42. The van der Waals surface area contributed by atoms with Gasteiger partial charge in [-0.3, -0.25) is 5.14 Å². The molecule has 3 nitrogen and oxygen atoms in total. The molecule has 1 saturated heterocycles. The predicted molar refractivity (Wildman–Crippen MR) is 95.5 cm³/mol. The zero-order valence-corrected chi connectivity index (χ0v) is 13.7. The Morgan fingerprint density at radius 2 is 1.74 bits per heavy atom. The lowest BCUT2D eigenvalue weighted by Gasteiger charge is -2.40. The van der Waals surface area contributed by atoms with Crippen LogP contribution in [0, 0.1) is 0 Å². The van der Waals surface area contributed by atoms with Gasteiger partial charge in [-0.25, -0.2) is 0 Å². The first-order chi connectivity index (χ1) is 11.3. The van der Waals surface area contributed by atoms with Crippen LogP contribution in [-0.2, 0) is 0 Å². The minimum Gasteiger partial charge on any atom is -0.482 e. The number of piperidine rings is 1. The van der Waals surface area contributed by atoms with Crippen molar-refractivity contribution in [2.75, 3.05) is 13.1 Å². The van der Waals surface area contributed by atoms with E-state index in [0.717, 1.165) is 36.6 Å². The van der Waals surface area contributed by atoms with E-state index in [1.54, 1.807) is 0 Å². The quantitative estimate of drug-likeness (QED) is 0.829. The highest BCUT2D eigenvalue weighted by Crippen LogP contribution is 2.42. The molecule has 2 aromatic rings.